The van der Waals surface area contributed by atoms with Gasteiger partial charge >= 0.3 is 5.97 Å². The van der Waals surface area contributed by atoms with Gasteiger partial charge in [-0.15, -0.1) is 0 Å². The van der Waals surface area contributed by atoms with Crippen LogP contribution in [0.4, 0.5) is 11.8 Å². The average molecular weight is 291 g/mol. The first-order valence-electron chi connectivity index (χ1n) is 6.76. The van der Waals surface area contributed by atoms with Crippen molar-refractivity contribution < 1.29 is 14.7 Å². The fourth-order valence-electron chi connectivity index (χ4n) is 3.06. The van der Waals surface area contributed by atoms with Crippen molar-refractivity contribution in [3.8, 4) is 0 Å². The van der Waals surface area contributed by atoms with Gasteiger partial charge in [0.15, 0.2) is 0 Å². The third kappa shape index (κ3) is 1.98. The molecule has 0 radical (unpaired) electrons. The molecule has 8 heteroatoms. The quantitative estimate of drug-likeness (QED) is 0.686. The molecule has 0 aliphatic carbocycles. The van der Waals surface area contributed by atoms with E-state index < -0.39 is 17.3 Å². The molecule has 1 aromatic heterocycles. The van der Waals surface area contributed by atoms with E-state index in [4.69, 9.17) is 0 Å². The van der Waals surface area contributed by atoms with Gasteiger partial charge in [-0.2, -0.15) is 4.98 Å². The number of carbonyl (C=O) groups excluding carboxylic acids is 1. The summed E-state index contributed by atoms with van der Waals surface area (Å²) in [5.41, 5.74) is -0.292. The van der Waals surface area contributed by atoms with Crippen molar-refractivity contribution in [1.82, 2.24) is 15.3 Å². The minimum absolute atomic E-state index is 0.160. The predicted octanol–water partition coefficient (Wildman–Crippen LogP) is -0.536. The van der Waals surface area contributed by atoms with Gasteiger partial charge in [-0.05, 0) is 6.92 Å². The van der Waals surface area contributed by atoms with Crippen LogP contribution in [0, 0.1) is 18.3 Å². The van der Waals surface area contributed by atoms with Crippen LogP contribution >= 0.6 is 0 Å². The Morgan fingerprint density at radius 2 is 2.33 bits per heavy atom. The molecule has 0 saturated carbocycles. The summed E-state index contributed by atoms with van der Waals surface area (Å²) >= 11 is 0. The molecule has 2 aliphatic rings. The summed E-state index contributed by atoms with van der Waals surface area (Å²) in [5.74, 6) is -0.584. The average Bonchev–Trinajstić information content (AvgIpc) is 2.97. The number of nitrogens with zero attached hydrogens (tertiary/aromatic N) is 3. The highest BCUT2D eigenvalue weighted by molar-refractivity contribution is 5.93. The van der Waals surface area contributed by atoms with Crippen molar-refractivity contribution in [2.45, 2.75) is 6.92 Å². The van der Waals surface area contributed by atoms with Crippen LogP contribution in [0.1, 0.15) is 5.69 Å². The van der Waals surface area contributed by atoms with E-state index in [0.29, 0.717) is 18.3 Å². The van der Waals surface area contributed by atoms with E-state index in [0.717, 1.165) is 5.69 Å². The van der Waals surface area contributed by atoms with E-state index in [-0.39, 0.29) is 19.0 Å². The molecule has 1 amide bonds. The maximum atomic E-state index is 11.9. The summed E-state index contributed by atoms with van der Waals surface area (Å²) in [6.45, 7) is 2.57. The number of carbonyl (C=O) groups is 2. The largest absolute Gasteiger partial charge is 0.481 e. The smallest absolute Gasteiger partial charge is 0.314 e. The molecular weight excluding hydrogens is 274 g/mol. The van der Waals surface area contributed by atoms with Gasteiger partial charge in [-0.25, -0.2) is 4.98 Å². The summed E-state index contributed by atoms with van der Waals surface area (Å²) in [5, 5.41) is 15.1. The van der Waals surface area contributed by atoms with E-state index in [1.54, 1.807) is 18.0 Å². The van der Waals surface area contributed by atoms with Crippen LogP contribution in [0.5, 0.6) is 0 Å². The second kappa shape index (κ2) is 4.57. The van der Waals surface area contributed by atoms with Crippen LogP contribution in [-0.4, -0.2) is 53.6 Å². The number of nitrogens with one attached hydrogen (secondary N) is 2. The predicted molar refractivity (Wildman–Crippen MR) is 75.1 cm³/mol. The Bertz CT molecular complexity index is 620. The molecule has 8 nitrogen and oxygen atoms in total. The lowest BCUT2D eigenvalue weighted by molar-refractivity contribution is -0.149. The number of aromatic nitrogens is 2. The summed E-state index contributed by atoms with van der Waals surface area (Å²) in [7, 11) is 1.76. The molecule has 1 aromatic rings. The van der Waals surface area contributed by atoms with E-state index in [2.05, 4.69) is 20.6 Å². The van der Waals surface area contributed by atoms with Crippen LogP contribution in [0.2, 0.25) is 0 Å². The second-order valence-corrected chi connectivity index (χ2v) is 5.56. The molecule has 2 saturated heterocycles. The third-order valence-electron chi connectivity index (χ3n) is 4.24. The Morgan fingerprint density at radius 3 is 2.95 bits per heavy atom. The monoisotopic (exact) mass is 291 g/mol. The number of aryl methyl sites for hydroxylation is 1. The Balaban J connectivity index is 1.95. The number of aliphatic carboxylic acids is 1. The van der Waals surface area contributed by atoms with Gasteiger partial charge in [-0.1, -0.05) is 0 Å². The maximum Gasteiger partial charge on any atom is 0.314 e. The van der Waals surface area contributed by atoms with Crippen molar-refractivity contribution >= 4 is 23.6 Å². The first-order valence-corrected chi connectivity index (χ1v) is 6.76. The molecule has 0 spiro atoms. The Kier molecular flexibility index (Phi) is 2.96. The molecule has 0 unspecified atom stereocenters. The van der Waals surface area contributed by atoms with Crippen molar-refractivity contribution in [1.29, 1.82) is 0 Å². The molecule has 112 valence electrons. The van der Waals surface area contributed by atoms with Gasteiger partial charge in [-0.3, -0.25) is 9.59 Å². The van der Waals surface area contributed by atoms with Crippen molar-refractivity contribution in [3.63, 3.8) is 0 Å². The van der Waals surface area contributed by atoms with Crippen LogP contribution in [0.25, 0.3) is 0 Å². The molecule has 0 aromatic carbocycles. The summed E-state index contributed by atoms with van der Waals surface area (Å²) in [6, 6.07) is 1.81. The number of carboxylic acid groups (broad SMARTS) is 1. The summed E-state index contributed by atoms with van der Waals surface area (Å²) < 4.78 is 0. The first-order chi connectivity index (χ1) is 9.96. The van der Waals surface area contributed by atoms with Crippen molar-refractivity contribution in [2.75, 3.05) is 36.9 Å². The minimum atomic E-state index is -1.08. The zero-order valence-electron chi connectivity index (χ0n) is 11.9. The lowest BCUT2D eigenvalue weighted by Crippen LogP contribution is -2.40. The van der Waals surface area contributed by atoms with Gasteiger partial charge < -0.3 is 20.6 Å². The first kappa shape index (κ1) is 13.6. The number of carboxylic acids is 1. The van der Waals surface area contributed by atoms with Gasteiger partial charge in [0.1, 0.15) is 11.2 Å². The number of amides is 1. The van der Waals surface area contributed by atoms with Gasteiger partial charge in [0.25, 0.3) is 0 Å². The number of anilines is 2. The molecule has 21 heavy (non-hydrogen) atoms. The standard InChI is InChI=1S/C13H17N5O3/c1-7-3-9(14-2)17-12(16-7)18-4-8-10(19)15-5-13(8,6-18)11(20)21/h3,8H,4-6H2,1-2H3,(H,15,19)(H,20,21)(H,14,16,17)/t8-,13+/m1/s1. The van der Waals surface area contributed by atoms with Crippen molar-refractivity contribution in [2.24, 2.45) is 11.3 Å². The van der Waals surface area contributed by atoms with Gasteiger partial charge in [0, 0.05) is 38.4 Å². The minimum Gasteiger partial charge on any atom is -0.481 e. The molecule has 3 heterocycles. The Hall–Kier alpha value is -2.38. The SMILES string of the molecule is CNc1cc(C)nc(N2C[C@@H]3C(=O)NC[C@]3(C(=O)O)C2)n1. The third-order valence-corrected chi connectivity index (χ3v) is 4.24. The zero-order chi connectivity index (χ0) is 15.2. The topological polar surface area (TPSA) is 107 Å². The molecule has 3 rings (SSSR count). The fraction of sp³-hybridized carbons (Fsp3) is 0.538. The van der Waals surface area contributed by atoms with E-state index in [1.807, 2.05) is 6.92 Å². The highest BCUT2D eigenvalue weighted by Crippen LogP contribution is 2.41. The molecule has 3 N–H and O–H groups in total. The summed E-state index contributed by atoms with van der Waals surface area (Å²) in [6.07, 6.45) is 0. The highest BCUT2D eigenvalue weighted by atomic mass is 16.4. The molecule has 2 atom stereocenters. The van der Waals surface area contributed by atoms with Crippen LogP contribution in [-0.2, 0) is 9.59 Å². The molecular formula is C13H17N5O3. The zero-order valence-corrected chi connectivity index (χ0v) is 11.9. The molecule has 2 fully saturated rings. The molecule has 2 aliphatic heterocycles. The summed E-state index contributed by atoms with van der Waals surface area (Å²) in [4.78, 5) is 34.0. The fourth-order valence-corrected chi connectivity index (χ4v) is 3.06. The molecule has 0 bridgehead atoms. The maximum absolute atomic E-state index is 11.9. The van der Waals surface area contributed by atoms with Crippen LogP contribution in [0.3, 0.4) is 0 Å². The van der Waals surface area contributed by atoms with E-state index in [9.17, 15) is 14.7 Å². The Labute approximate surface area is 121 Å². The lowest BCUT2D eigenvalue weighted by atomic mass is 9.81. The second-order valence-electron chi connectivity index (χ2n) is 5.56. The van der Waals surface area contributed by atoms with Crippen LogP contribution in [0.15, 0.2) is 6.07 Å². The van der Waals surface area contributed by atoms with Gasteiger partial charge in [0.05, 0.1) is 5.92 Å². The van der Waals surface area contributed by atoms with E-state index in [1.165, 1.54) is 0 Å². The number of rotatable bonds is 3. The normalized spacial score (nSPS) is 27.4. The number of hydrogen-bond donors (Lipinski definition) is 3. The Morgan fingerprint density at radius 1 is 1.57 bits per heavy atom. The van der Waals surface area contributed by atoms with Crippen molar-refractivity contribution in [3.05, 3.63) is 11.8 Å². The van der Waals surface area contributed by atoms with E-state index >= 15 is 0 Å². The number of hydrogen-bond acceptors (Lipinski definition) is 6. The number of fused-ring (bicyclic) bond motifs is 1. The van der Waals surface area contributed by atoms with Gasteiger partial charge in [0.2, 0.25) is 11.9 Å². The highest BCUT2D eigenvalue weighted by Gasteiger charge is 2.60. The van der Waals surface area contributed by atoms with Crippen LogP contribution < -0.4 is 15.5 Å². The lowest BCUT2D eigenvalue weighted by Gasteiger charge is -2.22.